The van der Waals surface area contributed by atoms with E-state index in [2.05, 4.69) is 50.4 Å². The molecule has 0 aromatic heterocycles. The predicted molar refractivity (Wildman–Crippen MR) is 115 cm³/mol. The van der Waals surface area contributed by atoms with Crippen molar-refractivity contribution in [2.75, 3.05) is 40.3 Å². The van der Waals surface area contributed by atoms with Crippen molar-refractivity contribution in [2.45, 2.75) is 70.9 Å². The minimum absolute atomic E-state index is 0. The lowest BCUT2D eigenvalue weighted by Crippen LogP contribution is -2.44. The Bertz CT molecular complexity index is 342. The average molecular weight is 454 g/mol. The average Bonchev–Trinajstić information content (AvgIpc) is 2.53. The van der Waals surface area contributed by atoms with Crippen LogP contribution < -0.4 is 10.6 Å². The van der Waals surface area contributed by atoms with Gasteiger partial charge in [0.2, 0.25) is 0 Å². The van der Waals surface area contributed by atoms with Gasteiger partial charge in [-0.1, -0.05) is 19.3 Å². The van der Waals surface area contributed by atoms with Crippen LogP contribution in [0.2, 0.25) is 0 Å². The lowest BCUT2D eigenvalue weighted by molar-refractivity contribution is 0.0277. The van der Waals surface area contributed by atoms with E-state index in [9.17, 15) is 0 Å². The summed E-state index contributed by atoms with van der Waals surface area (Å²) in [6.07, 6.45) is 8.08. The second-order valence-corrected chi connectivity index (χ2v) is 7.31. The smallest absolute Gasteiger partial charge is 0.191 e. The third-order valence-corrected chi connectivity index (χ3v) is 4.70. The Balaban J connectivity index is 0.00000529. The van der Waals surface area contributed by atoms with Crippen LogP contribution in [-0.2, 0) is 4.74 Å². The van der Waals surface area contributed by atoms with E-state index in [4.69, 9.17) is 9.73 Å². The molecule has 0 aromatic rings. The zero-order valence-electron chi connectivity index (χ0n) is 16.4. The van der Waals surface area contributed by atoms with Crippen molar-refractivity contribution in [3.05, 3.63) is 0 Å². The Morgan fingerprint density at radius 3 is 2.42 bits per heavy atom. The Kier molecular flexibility index (Phi) is 13.1. The van der Waals surface area contributed by atoms with Gasteiger partial charge in [-0.05, 0) is 54.1 Å². The van der Waals surface area contributed by atoms with Crippen molar-refractivity contribution in [1.82, 2.24) is 15.5 Å². The Labute approximate surface area is 166 Å². The first kappa shape index (κ1) is 23.9. The lowest BCUT2D eigenvalue weighted by Gasteiger charge is -2.31. The number of aliphatic imine (C=N–C) groups is 1. The summed E-state index contributed by atoms with van der Waals surface area (Å²) >= 11 is 0. The standard InChI is InChI=1S/C18H38N4O.HI/c1-6-19-17(21-15-18(2,3)22(4)5)20-13-10-14-23-16-11-8-7-9-12-16;/h16H,6-15H2,1-5H3,(H2,19,20,21);1H. The number of hydrogen-bond donors (Lipinski definition) is 2. The van der Waals surface area contributed by atoms with Gasteiger partial charge in [0.15, 0.2) is 5.96 Å². The molecule has 1 aliphatic carbocycles. The first-order valence-electron chi connectivity index (χ1n) is 9.27. The number of likely N-dealkylation sites (N-methyl/N-ethyl adjacent to an activating group) is 1. The maximum atomic E-state index is 5.96. The van der Waals surface area contributed by atoms with E-state index in [0.29, 0.717) is 6.10 Å². The predicted octanol–water partition coefficient (Wildman–Crippen LogP) is 3.24. The number of hydrogen-bond acceptors (Lipinski definition) is 3. The Hall–Kier alpha value is -0.0800. The van der Waals surface area contributed by atoms with Gasteiger partial charge in [0.05, 0.1) is 12.6 Å². The van der Waals surface area contributed by atoms with Crippen molar-refractivity contribution < 1.29 is 4.74 Å². The molecule has 2 N–H and O–H groups in total. The molecule has 0 aliphatic heterocycles. The van der Waals surface area contributed by atoms with Crippen LogP contribution >= 0.6 is 24.0 Å². The van der Waals surface area contributed by atoms with E-state index in [0.717, 1.165) is 38.6 Å². The van der Waals surface area contributed by atoms with Gasteiger partial charge in [-0.15, -0.1) is 24.0 Å². The molecule has 0 bridgehead atoms. The highest BCUT2D eigenvalue weighted by Crippen LogP contribution is 2.20. The molecule has 0 radical (unpaired) electrons. The van der Waals surface area contributed by atoms with E-state index in [1.807, 2.05) is 0 Å². The van der Waals surface area contributed by atoms with E-state index >= 15 is 0 Å². The van der Waals surface area contributed by atoms with Crippen LogP contribution in [0, 0.1) is 0 Å². The van der Waals surface area contributed by atoms with E-state index in [1.165, 1.54) is 32.1 Å². The van der Waals surface area contributed by atoms with Crippen molar-refractivity contribution in [2.24, 2.45) is 4.99 Å². The van der Waals surface area contributed by atoms with Crippen molar-refractivity contribution in [3.63, 3.8) is 0 Å². The number of nitrogens with one attached hydrogen (secondary N) is 2. The fourth-order valence-corrected chi connectivity index (χ4v) is 2.52. The monoisotopic (exact) mass is 454 g/mol. The fraction of sp³-hybridized carbons (Fsp3) is 0.944. The highest BCUT2D eigenvalue weighted by Gasteiger charge is 2.19. The molecule has 0 heterocycles. The molecule has 1 rings (SSSR count). The number of halogens is 1. The zero-order chi connectivity index (χ0) is 17.1. The van der Waals surface area contributed by atoms with Crippen LogP contribution in [0.1, 0.15) is 59.3 Å². The highest BCUT2D eigenvalue weighted by molar-refractivity contribution is 14.0. The molecule has 0 atom stereocenters. The first-order valence-corrected chi connectivity index (χ1v) is 9.27. The molecule has 1 aliphatic rings. The van der Waals surface area contributed by atoms with Crippen LogP contribution in [0.25, 0.3) is 0 Å². The SMILES string of the molecule is CCNC(=NCC(C)(C)N(C)C)NCCCOC1CCCCC1.I. The van der Waals surface area contributed by atoms with Crippen molar-refractivity contribution >= 4 is 29.9 Å². The summed E-state index contributed by atoms with van der Waals surface area (Å²) in [4.78, 5) is 6.91. The summed E-state index contributed by atoms with van der Waals surface area (Å²) in [6, 6.07) is 0. The fourth-order valence-electron chi connectivity index (χ4n) is 2.52. The molecule has 1 fully saturated rings. The lowest BCUT2D eigenvalue weighted by atomic mass is 9.98. The Morgan fingerprint density at radius 2 is 1.83 bits per heavy atom. The molecular formula is C18H39IN4O. The minimum atomic E-state index is 0. The zero-order valence-corrected chi connectivity index (χ0v) is 18.7. The molecule has 0 saturated heterocycles. The summed E-state index contributed by atoms with van der Waals surface area (Å²) in [7, 11) is 4.19. The van der Waals surface area contributed by atoms with Crippen LogP contribution in [0.5, 0.6) is 0 Å². The molecule has 1 saturated carbocycles. The van der Waals surface area contributed by atoms with Gasteiger partial charge >= 0.3 is 0 Å². The van der Waals surface area contributed by atoms with E-state index in [1.54, 1.807) is 0 Å². The molecule has 0 spiro atoms. The van der Waals surface area contributed by atoms with Crippen molar-refractivity contribution in [3.8, 4) is 0 Å². The summed E-state index contributed by atoms with van der Waals surface area (Å²) in [6.45, 7) is 9.92. The summed E-state index contributed by atoms with van der Waals surface area (Å²) in [5.74, 6) is 0.903. The molecule has 0 amide bonds. The molecule has 5 nitrogen and oxygen atoms in total. The number of nitrogens with zero attached hydrogens (tertiary/aromatic N) is 2. The maximum Gasteiger partial charge on any atom is 0.191 e. The van der Waals surface area contributed by atoms with Gasteiger partial charge in [0, 0.05) is 25.2 Å². The molecule has 6 heteroatoms. The highest BCUT2D eigenvalue weighted by atomic mass is 127. The summed E-state index contributed by atoms with van der Waals surface area (Å²) < 4.78 is 5.96. The maximum absolute atomic E-state index is 5.96. The molecule has 24 heavy (non-hydrogen) atoms. The van der Waals surface area contributed by atoms with E-state index in [-0.39, 0.29) is 29.5 Å². The number of rotatable bonds is 9. The van der Waals surface area contributed by atoms with Gasteiger partial charge in [-0.3, -0.25) is 4.99 Å². The third kappa shape index (κ3) is 10.0. The summed E-state index contributed by atoms with van der Waals surface area (Å²) in [5, 5.41) is 6.72. The first-order chi connectivity index (χ1) is 11.0. The number of guanidine groups is 1. The van der Waals surface area contributed by atoms with Gasteiger partial charge < -0.3 is 20.3 Å². The minimum Gasteiger partial charge on any atom is -0.378 e. The molecule has 0 aromatic carbocycles. The van der Waals surface area contributed by atoms with E-state index < -0.39 is 0 Å². The molecular weight excluding hydrogens is 415 g/mol. The topological polar surface area (TPSA) is 48.9 Å². The molecule has 144 valence electrons. The van der Waals surface area contributed by atoms with Gasteiger partial charge in [0.25, 0.3) is 0 Å². The van der Waals surface area contributed by atoms with Crippen LogP contribution in [0.4, 0.5) is 0 Å². The normalized spacial score (nSPS) is 16.8. The number of ether oxygens (including phenoxy) is 1. The van der Waals surface area contributed by atoms with Crippen LogP contribution in [0.15, 0.2) is 4.99 Å². The van der Waals surface area contributed by atoms with Crippen LogP contribution in [-0.4, -0.2) is 62.8 Å². The van der Waals surface area contributed by atoms with Crippen molar-refractivity contribution in [1.29, 1.82) is 0 Å². The Morgan fingerprint density at radius 1 is 1.17 bits per heavy atom. The molecule has 0 unspecified atom stereocenters. The second kappa shape index (κ2) is 13.2. The second-order valence-electron chi connectivity index (χ2n) is 7.31. The largest absolute Gasteiger partial charge is 0.378 e. The van der Waals surface area contributed by atoms with Gasteiger partial charge in [0.1, 0.15) is 0 Å². The third-order valence-electron chi connectivity index (χ3n) is 4.70. The summed E-state index contributed by atoms with van der Waals surface area (Å²) in [5.41, 5.74) is 0.0619. The van der Waals surface area contributed by atoms with Gasteiger partial charge in [-0.25, -0.2) is 0 Å². The van der Waals surface area contributed by atoms with Gasteiger partial charge in [-0.2, -0.15) is 0 Å². The van der Waals surface area contributed by atoms with Crippen LogP contribution in [0.3, 0.4) is 0 Å². The quantitative estimate of drug-likeness (QED) is 0.243.